The molecule has 0 saturated heterocycles. The first-order chi connectivity index (χ1) is 9.22. The van der Waals surface area contributed by atoms with Crippen molar-refractivity contribution in [2.24, 2.45) is 7.05 Å². The van der Waals surface area contributed by atoms with Crippen LogP contribution in [0, 0.1) is 6.92 Å². The molecule has 19 heavy (non-hydrogen) atoms. The third-order valence-electron chi connectivity index (χ3n) is 2.81. The summed E-state index contributed by atoms with van der Waals surface area (Å²) in [5.41, 5.74) is 2.65. The number of rotatable bonds is 3. The Labute approximate surface area is 110 Å². The Morgan fingerprint density at radius 3 is 2.58 bits per heavy atom. The van der Waals surface area contributed by atoms with Crippen molar-refractivity contribution in [1.82, 2.24) is 24.7 Å². The number of para-hydroxylation sites is 2. The molecule has 1 N–H and O–H groups in total. The van der Waals surface area contributed by atoms with E-state index in [4.69, 9.17) is 0 Å². The van der Waals surface area contributed by atoms with Gasteiger partial charge in [-0.3, -0.25) is 4.68 Å². The number of fused-ring (bicyclic) bond motifs is 1. The number of anilines is 1. The van der Waals surface area contributed by atoms with Gasteiger partial charge in [-0.25, -0.2) is 15.0 Å². The highest BCUT2D eigenvalue weighted by Crippen LogP contribution is 2.16. The standard InChI is InChI=1S/C13H14N6/c1-9-13(14-7-12-15-8-19(2)18-12)17-11-6-4-3-5-10(11)16-9/h3-6,8H,7H2,1-2H3,(H,14,17). The average Bonchev–Trinajstić information content (AvgIpc) is 2.82. The second-order valence-electron chi connectivity index (χ2n) is 4.33. The van der Waals surface area contributed by atoms with Crippen LogP contribution >= 0.6 is 0 Å². The SMILES string of the molecule is Cc1nc2ccccc2nc1NCc1ncn(C)n1. The van der Waals surface area contributed by atoms with Crippen LogP contribution in [0.25, 0.3) is 11.0 Å². The molecule has 2 heterocycles. The van der Waals surface area contributed by atoms with E-state index in [2.05, 4.69) is 25.4 Å². The van der Waals surface area contributed by atoms with Gasteiger partial charge in [-0.2, -0.15) is 5.10 Å². The second-order valence-corrected chi connectivity index (χ2v) is 4.33. The molecule has 0 fully saturated rings. The highest BCUT2D eigenvalue weighted by molar-refractivity contribution is 5.76. The van der Waals surface area contributed by atoms with E-state index >= 15 is 0 Å². The summed E-state index contributed by atoms with van der Waals surface area (Å²) in [6.07, 6.45) is 1.68. The van der Waals surface area contributed by atoms with Crippen molar-refractivity contribution in [3.8, 4) is 0 Å². The molecule has 0 aliphatic heterocycles. The highest BCUT2D eigenvalue weighted by Gasteiger charge is 2.05. The summed E-state index contributed by atoms with van der Waals surface area (Å²) in [4.78, 5) is 13.2. The summed E-state index contributed by atoms with van der Waals surface area (Å²) in [5, 5.41) is 7.44. The monoisotopic (exact) mass is 254 g/mol. The molecule has 3 aromatic rings. The third-order valence-corrected chi connectivity index (χ3v) is 2.81. The summed E-state index contributed by atoms with van der Waals surface area (Å²) < 4.78 is 1.68. The summed E-state index contributed by atoms with van der Waals surface area (Å²) in [6, 6.07) is 7.82. The molecule has 0 bridgehead atoms. The number of aryl methyl sites for hydroxylation is 2. The minimum Gasteiger partial charge on any atom is -0.361 e. The molecule has 0 spiro atoms. The second kappa shape index (κ2) is 4.64. The molecule has 0 saturated carbocycles. The van der Waals surface area contributed by atoms with Gasteiger partial charge in [-0.05, 0) is 19.1 Å². The molecule has 1 aromatic carbocycles. The fourth-order valence-corrected chi connectivity index (χ4v) is 1.88. The van der Waals surface area contributed by atoms with Gasteiger partial charge in [0.15, 0.2) is 5.82 Å². The van der Waals surface area contributed by atoms with Gasteiger partial charge in [0.1, 0.15) is 12.1 Å². The zero-order chi connectivity index (χ0) is 13.2. The number of hydrogen-bond acceptors (Lipinski definition) is 5. The molecule has 0 atom stereocenters. The Bertz CT molecular complexity index is 718. The summed E-state index contributed by atoms with van der Waals surface area (Å²) in [6.45, 7) is 2.47. The van der Waals surface area contributed by atoms with Crippen LogP contribution in [-0.2, 0) is 13.6 Å². The van der Waals surface area contributed by atoms with Gasteiger partial charge in [0.2, 0.25) is 0 Å². The molecule has 0 amide bonds. The van der Waals surface area contributed by atoms with Gasteiger partial charge in [-0.15, -0.1) is 0 Å². The maximum absolute atomic E-state index is 4.56. The topological polar surface area (TPSA) is 68.5 Å². The number of nitrogens with one attached hydrogen (secondary N) is 1. The molecule has 0 aliphatic carbocycles. The lowest BCUT2D eigenvalue weighted by molar-refractivity contribution is 0.747. The molecular weight excluding hydrogens is 240 g/mol. The molecule has 96 valence electrons. The third kappa shape index (κ3) is 2.37. The molecule has 2 aromatic heterocycles. The molecule has 3 rings (SSSR count). The maximum Gasteiger partial charge on any atom is 0.169 e. The Morgan fingerprint density at radius 1 is 1.16 bits per heavy atom. The Kier molecular flexibility index (Phi) is 2.83. The molecule has 6 nitrogen and oxygen atoms in total. The van der Waals surface area contributed by atoms with Gasteiger partial charge < -0.3 is 5.32 Å². The Balaban J connectivity index is 1.86. The van der Waals surface area contributed by atoms with E-state index in [1.807, 2.05) is 38.2 Å². The van der Waals surface area contributed by atoms with Gasteiger partial charge in [0, 0.05) is 7.05 Å². The van der Waals surface area contributed by atoms with E-state index in [1.165, 1.54) is 0 Å². The molecule has 6 heteroatoms. The number of benzene rings is 1. The van der Waals surface area contributed by atoms with Crippen LogP contribution in [0.2, 0.25) is 0 Å². The van der Waals surface area contributed by atoms with Crippen LogP contribution in [0.5, 0.6) is 0 Å². The van der Waals surface area contributed by atoms with Crippen molar-refractivity contribution in [1.29, 1.82) is 0 Å². The lowest BCUT2D eigenvalue weighted by atomic mass is 10.3. The summed E-state index contributed by atoms with van der Waals surface area (Å²) in [7, 11) is 1.84. The van der Waals surface area contributed by atoms with Crippen molar-refractivity contribution in [2.75, 3.05) is 5.32 Å². The van der Waals surface area contributed by atoms with Crippen LogP contribution in [0.4, 0.5) is 5.82 Å². The zero-order valence-electron chi connectivity index (χ0n) is 10.8. The summed E-state index contributed by atoms with van der Waals surface area (Å²) >= 11 is 0. The molecule has 0 unspecified atom stereocenters. The fourth-order valence-electron chi connectivity index (χ4n) is 1.88. The quantitative estimate of drug-likeness (QED) is 0.770. The van der Waals surface area contributed by atoms with Crippen LogP contribution in [-0.4, -0.2) is 24.7 Å². The predicted molar refractivity (Wildman–Crippen MR) is 72.6 cm³/mol. The lowest BCUT2D eigenvalue weighted by Crippen LogP contribution is -2.06. The smallest absolute Gasteiger partial charge is 0.169 e. The van der Waals surface area contributed by atoms with E-state index in [-0.39, 0.29) is 0 Å². The molecular formula is C13H14N6. The predicted octanol–water partition coefficient (Wildman–Crippen LogP) is 1.68. The van der Waals surface area contributed by atoms with Crippen LogP contribution < -0.4 is 5.32 Å². The lowest BCUT2D eigenvalue weighted by Gasteiger charge is -2.07. The van der Waals surface area contributed by atoms with Gasteiger partial charge in [0.05, 0.1) is 23.3 Å². The summed E-state index contributed by atoms with van der Waals surface area (Å²) in [5.74, 6) is 1.50. The van der Waals surface area contributed by atoms with E-state index in [9.17, 15) is 0 Å². The van der Waals surface area contributed by atoms with Gasteiger partial charge in [-0.1, -0.05) is 12.1 Å². The van der Waals surface area contributed by atoms with Crippen molar-refractivity contribution < 1.29 is 0 Å². The number of aromatic nitrogens is 5. The largest absolute Gasteiger partial charge is 0.361 e. The van der Waals surface area contributed by atoms with E-state index in [0.717, 1.165) is 28.4 Å². The van der Waals surface area contributed by atoms with Crippen LogP contribution in [0.3, 0.4) is 0 Å². The first-order valence-electron chi connectivity index (χ1n) is 6.04. The zero-order valence-corrected chi connectivity index (χ0v) is 10.8. The minimum atomic E-state index is 0.536. The van der Waals surface area contributed by atoms with E-state index in [1.54, 1.807) is 11.0 Å². The normalized spacial score (nSPS) is 10.8. The van der Waals surface area contributed by atoms with Gasteiger partial charge >= 0.3 is 0 Å². The Hall–Kier alpha value is -2.50. The molecule has 0 radical (unpaired) electrons. The molecule has 0 aliphatic rings. The van der Waals surface area contributed by atoms with Gasteiger partial charge in [0.25, 0.3) is 0 Å². The van der Waals surface area contributed by atoms with E-state index < -0.39 is 0 Å². The van der Waals surface area contributed by atoms with Crippen molar-refractivity contribution in [2.45, 2.75) is 13.5 Å². The number of hydrogen-bond donors (Lipinski definition) is 1. The Morgan fingerprint density at radius 2 is 1.89 bits per heavy atom. The van der Waals surface area contributed by atoms with Crippen LogP contribution in [0.15, 0.2) is 30.6 Å². The van der Waals surface area contributed by atoms with Crippen molar-refractivity contribution in [3.63, 3.8) is 0 Å². The maximum atomic E-state index is 4.56. The van der Waals surface area contributed by atoms with Crippen molar-refractivity contribution >= 4 is 16.9 Å². The first kappa shape index (κ1) is 11.6. The van der Waals surface area contributed by atoms with Crippen LogP contribution in [0.1, 0.15) is 11.5 Å². The highest BCUT2D eigenvalue weighted by atomic mass is 15.3. The average molecular weight is 254 g/mol. The minimum absolute atomic E-state index is 0.536. The fraction of sp³-hybridized carbons (Fsp3) is 0.231. The van der Waals surface area contributed by atoms with E-state index in [0.29, 0.717) is 6.54 Å². The first-order valence-corrected chi connectivity index (χ1v) is 6.04. The number of nitrogens with zero attached hydrogens (tertiary/aromatic N) is 5. The van der Waals surface area contributed by atoms with Crippen molar-refractivity contribution in [3.05, 3.63) is 42.1 Å².